The smallest absolute Gasteiger partial charge is 0.193 e. The van der Waals surface area contributed by atoms with E-state index < -0.39 is 0 Å². The normalized spacial score (nSPS) is 21.9. The molecule has 3 heterocycles. The van der Waals surface area contributed by atoms with Crippen LogP contribution >= 0.6 is 0 Å². The fourth-order valence-electron chi connectivity index (χ4n) is 4.00. The standard InChI is InChI=1S/C21H37N5O2/c1-18-23-11-15-25(18)12-5-4-10-24-21(22-2)26-13-8-19(9-14-26)28-17-20-7-3-6-16-27-20/h11,15,19-20H,3-10,12-14,16-17H2,1-2H3,(H,22,24). The molecule has 2 fully saturated rings. The summed E-state index contributed by atoms with van der Waals surface area (Å²) in [6.07, 6.45) is 12.6. The highest BCUT2D eigenvalue weighted by Crippen LogP contribution is 2.18. The van der Waals surface area contributed by atoms with E-state index in [2.05, 4.69) is 31.7 Å². The maximum Gasteiger partial charge on any atom is 0.193 e. The highest BCUT2D eigenvalue weighted by Gasteiger charge is 2.23. The highest BCUT2D eigenvalue weighted by molar-refractivity contribution is 5.79. The fourth-order valence-corrected chi connectivity index (χ4v) is 4.00. The molecule has 0 amide bonds. The third kappa shape index (κ3) is 6.48. The number of aromatic nitrogens is 2. The first-order valence-corrected chi connectivity index (χ1v) is 10.9. The van der Waals surface area contributed by atoms with Gasteiger partial charge in [-0.25, -0.2) is 4.98 Å². The lowest BCUT2D eigenvalue weighted by Crippen LogP contribution is -2.47. The molecule has 28 heavy (non-hydrogen) atoms. The summed E-state index contributed by atoms with van der Waals surface area (Å²) in [5, 5.41) is 3.52. The van der Waals surface area contributed by atoms with Crippen LogP contribution in [-0.4, -0.2) is 72.5 Å². The Kier molecular flexibility index (Phi) is 8.61. The summed E-state index contributed by atoms with van der Waals surface area (Å²) in [5.74, 6) is 2.11. The Morgan fingerprint density at radius 3 is 2.82 bits per heavy atom. The minimum Gasteiger partial charge on any atom is -0.376 e. The summed E-state index contributed by atoms with van der Waals surface area (Å²) in [7, 11) is 1.88. The lowest BCUT2D eigenvalue weighted by molar-refractivity contribution is -0.0721. The molecule has 158 valence electrons. The molecule has 2 saturated heterocycles. The van der Waals surface area contributed by atoms with E-state index in [1.165, 1.54) is 12.8 Å². The third-order valence-electron chi connectivity index (χ3n) is 5.78. The van der Waals surface area contributed by atoms with Crippen LogP contribution < -0.4 is 5.32 Å². The minimum absolute atomic E-state index is 0.312. The van der Waals surface area contributed by atoms with Crippen molar-refractivity contribution in [1.29, 1.82) is 0 Å². The Morgan fingerprint density at radius 2 is 2.14 bits per heavy atom. The molecule has 1 aromatic rings. The van der Waals surface area contributed by atoms with Gasteiger partial charge in [-0.2, -0.15) is 0 Å². The molecule has 2 aliphatic rings. The first-order valence-electron chi connectivity index (χ1n) is 10.9. The average Bonchev–Trinajstić information content (AvgIpc) is 3.15. The predicted molar refractivity (Wildman–Crippen MR) is 112 cm³/mol. The third-order valence-corrected chi connectivity index (χ3v) is 5.78. The molecule has 7 heteroatoms. The second-order valence-electron chi connectivity index (χ2n) is 7.86. The van der Waals surface area contributed by atoms with Crippen molar-refractivity contribution in [2.24, 2.45) is 4.99 Å². The van der Waals surface area contributed by atoms with E-state index in [0.717, 1.165) is 83.3 Å². The zero-order valence-electron chi connectivity index (χ0n) is 17.6. The van der Waals surface area contributed by atoms with Crippen molar-refractivity contribution in [1.82, 2.24) is 19.8 Å². The van der Waals surface area contributed by atoms with E-state index in [9.17, 15) is 0 Å². The molecule has 0 radical (unpaired) electrons. The number of nitrogens with one attached hydrogen (secondary N) is 1. The van der Waals surface area contributed by atoms with Crippen LogP contribution in [0.4, 0.5) is 0 Å². The van der Waals surface area contributed by atoms with Gasteiger partial charge in [0, 0.05) is 52.2 Å². The maximum atomic E-state index is 6.12. The molecular weight excluding hydrogens is 354 g/mol. The molecular formula is C21H37N5O2. The SMILES string of the molecule is CN=C(NCCCCn1ccnc1C)N1CCC(OCC2CCCCO2)CC1. The Hall–Kier alpha value is -1.60. The number of piperidine rings is 1. The maximum absolute atomic E-state index is 6.12. The molecule has 7 nitrogen and oxygen atoms in total. The number of hydrogen-bond donors (Lipinski definition) is 1. The molecule has 1 atom stereocenters. The van der Waals surface area contributed by atoms with E-state index in [1.54, 1.807) is 0 Å². The number of hydrogen-bond acceptors (Lipinski definition) is 4. The van der Waals surface area contributed by atoms with Gasteiger partial charge in [0.25, 0.3) is 0 Å². The van der Waals surface area contributed by atoms with Gasteiger partial charge in [0.05, 0.1) is 18.8 Å². The van der Waals surface area contributed by atoms with Crippen molar-refractivity contribution in [2.45, 2.75) is 70.6 Å². The molecule has 3 rings (SSSR count). The Morgan fingerprint density at radius 1 is 1.29 bits per heavy atom. The Labute approximate surface area is 169 Å². The number of rotatable bonds is 8. The van der Waals surface area contributed by atoms with Crippen molar-refractivity contribution in [3.05, 3.63) is 18.2 Å². The summed E-state index contributed by atoms with van der Waals surface area (Å²) in [4.78, 5) is 11.1. The van der Waals surface area contributed by atoms with E-state index in [-0.39, 0.29) is 0 Å². The van der Waals surface area contributed by atoms with Gasteiger partial charge in [0.1, 0.15) is 5.82 Å². The first-order chi connectivity index (χ1) is 13.8. The quantitative estimate of drug-likeness (QED) is 0.419. The number of aryl methyl sites for hydroxylation is 2. The monoisotopic (exact) mass is 391 g/mol. The van der Waals surface area contributed by atoms with E-state index in [0.29, 0.717) is 12.2 Å². The summed E-state index contributed by atoms with van der Waals surface area (Å²) in [5.41, 5.74) is 0. The van der Waals surface area contributed by atoms with Crippen molar-refractivity contribution >= 4 is 5.96 Å². The van der Waals surface area contributed by atoms with E-state index in [1.807, 2.05) is 19.4 Å². The highest BCUT2D eigenvalue weighted by atomic mass is 16.5. The number of imidazole rings is 1. The summed E-state index contributed by atoms with van der Waals surface area (Å²) in [6.45, 7) is 7.70. The van der Waals surface area contributed by atoms with Crippen LogP contribution in [0, 0.1) is 6.92 Å². The average molecular weight is 392 g/mol. The van der Waals surface area contributed by atoms with Crippen molar-refractivity contribution in [3.63, 3.8) is 0 Å². The van der Waals surface area contributed by atoms with Gasteiger partial charge in [-0.15, -0.1) is 0 Å². The van der Waals surface area contributed by atoms with Crippen molar-refractivity contribution in [2.75, 3.05) is 39.9 Å². The van der Waals surface area contributed by atoms with Gasteiger partial charge in [-0.05, 0) is 51.9 Å². The van der Waals surface area contributed by atoms with Gasteiger partial charge in [0.15, 0.2) is 5.96 Å². The zero-order valence-corrected chi connectivity index (χ0v) is 17.6. The molecule has 0 saturated carbocycles. The van der Waals surface area contributed by atoms with Crippen molar-refractivity contribution < 1.29 is 9.47 Å². The summed E-state index contributed by atoms with van der Waals surface area (Å²) >= 11 is 0. The summed E-state index contributed by atoms with van der Waals surface area (Å²) in [6, 6.07) is 0. The second-order valence-corrected chi connectivity index (χ2v) is 7.86. The number of guanidine groups is 1. The first kappa shape index (κ1) is 21.1. The van der Waals surface area contributed by atoms with Crippen LogP contribution in [0.3, 0.4) is 0 Å². The number of aliphatic imine (C=N–C) groups is 1. The number of likely N-dealkylation sites (tertiary alicyclic amines) is 1. The zero-order chi connectivity index (χ0) is 19.6. The minimum atomic E-state index is 0.312. The van der Waals surface area contributed by atoms with Crippen LogP contribution in [-0.2, 0) is 16.0 Å². The molecule has 0 bridgehead atoms. The fraction of sp³-hybridized carbons (Fsp3) is 0.810. The van der Waals surface area contributed by atoms with Gasteiger partial charge >= 0.3 is 0 Å². The van der Waals surface area contributed by atoms with Gasteiger partial charge in [-0.1, -0.05) is 0 Å². The number of ether oxygens (including phenoxy) is 2. The largest absolute Gasteiger partial charge is 0.376 e. The Balaban J connectivity index is 1.28. The second kappa shape index (κ2) is 11.4. The van der Waals surface area contributed by atoms with Crippen LogP contribution in [0.15, 0.2) is 17.4 Å². The molecule has 2 aliphatic heterocycles. The van der Waals surface area contributed by atoms with E-state index in [4.69, 9.17) is 9.47 Å². The Bertz CT molecular complexity index is 589. The van der Waals surface area contributed by atoms with Gasteiger partial charge in [0.2, 0.25) is 0 Å². The lowest BCUT2D eigenvalue weighted by Gasteiger charge is -2.35. The topological polar surface area (TPSA) is 63.9 Å². The molecule has 0 spiro atoms. The van der Waals surface area contributed by atoms with E-state index >= 15 is 0 Å². The van der Waals surface area contributed by atoms with Crippen LogP contribution in [0.1, 0.15) is 50.8 Å². The van der Waals surface area contributed by atoms with Crippen LogP contribution in [0.5, 0.6) is 0 Å². The summed E-state index contributed by atoms with van der Waals surface area (Å²) < 4.78 is 14.1. The van der Waals surface area contributed by atoms with Gasteiger partial charge in [-0.3, -0.25) is 4.99 Å². The van der Waals surface area contributed by atoms with Crippen molar-refractivity contribution in [3.8, 4) is 0 Å². The number of unbranched alkanes of at least 4 members (excludes halogenated alkanes) is 1. The van der Waals surface area contributed by atoms with Crippen LogP contribution in [0.2, 0.25) is 0 Å². The lowest BCUT2D eigenvalue weighted by atomic mass is 10.1. The molecule has 0 aromatic carbocycles. The van der Waals surface area contributed by atoms with Gasteiger partial charge < -0.3 is 24.3 Å². The number of nitrogens with zero attached hydrogens (tertiary/aromatic N) is 4. The molecule has 1 unspecified atom stereocenters. The molecule has 1 aromatic heterocycles. The predicted octanol–water partition coefficient (Wildman–Crippen LogP) is 2.60. The molecule has 1 N–H and O–H groups in total. The molecule has 0 aliphatic carbocycles. The van der Waals surface area contributed by atoms with Crippen LogP contribution in [0.25, 0.3) is 0 Å².